The number of carbonyl (C=O) groups excluding carboxylic acids is 1. The van der Waals surface area contributed by atoms with Gasteiger partial charge in [-0.25, -0.2) is 9.78 Å². The molecule has 0 heterocycles. The summed E-state index contributed by atoms with van der Waals surface area (Å²) < 4.78 is 0. The molecule has 3 heteroatoms. The van der Waals surface area contributed by atoms with Crippen LogP contribution < -0.4 is 0 Å². The van der Waals surface area contributed by atoms with Crippen LogP contribution in [0.4, 0.5) is 0 Å². The van der Waals surface area contributed by atoms with Crippen LogP contribution in [0.1, 0.15) is 78.6 Å². The Morgan fingerprint density at radius 3 is 2.21 bits per heavy atom. The topological polar surface area (TPSA) is 35.5 Å². The molecule has 2 fully saturated rings. The first-order valence-corrected chi connectivity index (χ1v) is 7.83. The molecule has 0 bridgehead atoms. The minimum Gasteiger partial charge on any atom is -0.300 e. The highest BCUT2D eigenvalue weighted by Gasteiger charge is 2.43. The zero-order valence-electron chi connectivity index (χ0n) is 12.7. The van der Waals surface area contributed by atoms with Gasteiger partial charge in [0.1, 0.15) is 17.0 Å². The largest absolute Gasteiger partial charge is 0.300 e. The Morgan fingerprint density at radius 2 is 1.58 bits per heavy atom. The molecule has 19 heavy (non-hydrogen) atoms. The predicted octanol–water partition coefficient (Wildman–Crippen LogP) is 4.20. The van der Waals surface area contributed by atoms with Gasteiger partial charge in [-0.1, -0.05) is 32.1 Å². The quantitative estimate of drug-likeness (QED) is 0.566. The van der Waals surface area contributed by atoms with Gasteiger partial charge in [0.2, 0.25) is 0 Å². The molecule has 0 aromatic rings. The van der Waals surface area contributed by atoms with Gasteiger partial charge in [-0.05, 0) is 46.5 Å². The standard InChI is InChI=1S/C16H28O3/c1-13(17)14-9-5-8-12-16(14,3)19-18-15(2)10-6-4-7-11-15/h14H,4-12H2,1-3H3. The van der Waals surface area contributed by atoms with Crippen LogP contribution in [-0.2, 0) is 14.6 Å². The Hall–Kier alpha value is -0.410. The molecule has 2 aliphatic carbocycles. The van der Waals surface area contributed by atoms with Crippen molar-refractivity contribution < 1.29 is 14.6 Å². The second-order valence-electron chi connectivity index (χ2n) is 6.90. The van der Waals surface area contributed by atoms with Gasteiger partial charge >= 0.3 is 0 Å². The number of hydrogen-bond acceptors (Lipinski definition) is 3. The van der Waals surface area contributed by atoms with Crippen molar-refractivity contribution in [1.82, 2.24) is 0 Å². The first-order chi connectivity index (χ1) is 8.95. The Kier molecular flexibility index (Phi) is 4.67. The van der Waals surface area contributed by atoms with E-state index in [9.17, 15) is 4.79 Å². The first kappa shape index (κ1) is 15.0. The van der Waals surface area contributed by atoms with Gasteiger partial charge in [0.05, 0.1) is 0 Å². The summed E-state index contributed by atoms with van der Waals surface area (Å²) in [6.07, 6.45) is 9.97. The van der Waals surface area contributed by atoms with Crippen LogP contribution >= 0.6 is 0 Å². The second-order valence-corrected chi connectivity index (χ2v) is 6.90. The van der Waals surface area contributed by atoms with Gasteiger partial charge in [0.25, 0.3) is 0 Å². The van der Waals surface area contributed by atoms with Crippen molar-refractivity contribution in [3.63, 3.8) is 0 Å². The highest BCUT2D eigenvalue weighted by molar-refractivity contribution is 5.79. The van der Waals surface area contributed by atoms with E-state index >= 15 is 0 Å². The van der Waals surface area contributed by atoms with Crippen LogP contribution in [0.5, 0.6) is 0 Å². The molecule has 0 aromatic carbocycles. The Balaban J connectivity index is 1.96. The Labute approximate surface area is 117 Å². The van der Waals surface area contributed by atoms with Gasteiger partial charge in [-0.2, -0.15) is 0 Å². The van der Waals surface area contributed by atoms with Crippen molar-refractivity contribution in [1.29, 1.82) is 0 Å². The van der Waals surface area contributed by atoms with Gasteiger partial charge < -0.3 is 0 Å². The van der Waals surface area contributed by atoms with Crippen LogP contribution in [0.3, 0.4) is 0 Å². The minimum atomic E-state index is -0.426. The zero-order valence-corrected chi connectivity index (χ0v) is 12.7. The van der Waals surface area contributed by atoms with E-state index in [4.69, 9.17) is 9.78 Å². The molecule has 0 radical (unpaired) electrons. The summed E-state index contributed by atoms with van der Waals surface area (Å²) >= 11 is 0. The van der Waals surface area contributed by atoms with Crippen LogP contribution in [0.15, 0.2) is 0 Å². The van der Waals surface area contributed by atoms with Gasteiger partial charge in [-0.15, -0.1) is 0 Å². The summed E-state index contributed by atoms with van der Waals surface area (Å²) in [5, 5.41) is 0. The third-order valence-corrected chi connectivity index (χ3v) is 4.99. The van der Waals surface area contributed by atoms with Crippen LogP contribution in [-0.4, -0.2) is 17.0 Å². The molecular weight excluding hydrogens is 240 g/mol. The van der Waals surface area contributed by atoms with Crippen molar-refractivity contribution in [3.8, 4) is 0 Å². The van der Waals surface area contributed by atoms with E-state index in [1.807, 2.05) is 6.92 Å². The minimum absolute atomic E-state index is 0.00607. The Morgan fingerprint density at radius 1 is 0.947 bits per heavy atom. The molecule has 2 saturated carbocycles. The summed E-state index contributed by atoms with van der Waals surface area (Å²) in [7, 11) is 0. The monoisotopic (exact) mass is 268 g/mol. The summed E-state index contributed by atoms with van der Waals surface area (Å²) in [5.74, 6) is 0.230. The van der Waals surface area contributed by atoms with E-state index in [1.54, 1.807) is 6.92 Å². The molecule has 2 aliphatic rings. The lowest BCUT2D eigenvalue weighted by molar-refractivity contribution is -0.421. The molecular formula is C16H28O3. The predicted molar refractivity (Wildman–Crippen MR) is 74.7 cm³/mol. The molecule has 0 N–H and O–H groups in total. The molecule has 2 atom stereocenters. The van der Waals surface area contributed by atoms with Crippen LogP contribution in [0.25, 0.3) is 0 Å². The van der Waals surface area contributed by atoms with E-state index in [1.165, 1.54) is 19.3 Å². The van der Waals surface area contributed by atoms with E-state index in [0.717, 1.165) is 38.5 Å². The summed E-state index contributed by atoms with van der Waals surface area (Å²) in [5.41, 5.74) is -0.579. The number of ketones is 1. The normalized spacial score (nSPS) is 35.0. The fraction of sp³-hybridized carbons (Fsp3) is 0.938. The average Bonchev–Trinajstić information content (AvgIpc) is 2.38. The summed E-state index contributed by atoms with van der Waals surface area (Å²) in [6.45, 7) is 5.87. The van der Waals surface area contributed by atoms with Crippen molar-refractivity contribution in [2.24, 2.45) is 5.92 Å². The fourth-order valence-electron chi connectivity index (χ4n) is 3.62. The SMILES string of the molecule is CC(=O)C1CCCCC1(C)OOC1(C)CCCCC1. The second kappa shape index (κ2) is 5.92. The molecule has 2 rings (SSSR count). The van der Waals surface area contributed by atoms with Crippen molar-refractivity contribution in [2.75, 3.05) is 0 Å². The molecule has 3 nitrogen and oxygen atoms in total. The fourth-order valence-corrected chi connectivity index (χ4v) is 3.62. The highest BCUT2D eigenvalue weighted by atomic mass is 17.2. The Bertz CT molecular complexity index is 320. The summed E-state index contributed by atoms with van der Waals surface area (Å²) in [6, 6.07) is 0. The van der Waals surface area contributed by atoms with Crippen molar-refractivity contribution >= 4 is 5.78 Å². The van der Waals surface area contributed by atoms with Crippen LogP contribution in [0, 0.1) is 5.92 Å². The molecule has 2 unspecified atom stereocenters. The van der Waals surface area contributed by atoms with E-state index < -0.39 is 5.60 Å². The average molecular weight is 268 g/mol. The zero-order chi connectivity index (χ0) is 13.9. The van der Waals surface area contributed by atoms with E-state index in [2.05, 4.69) is 6.92 Å². The summed E-state index contributed by atoms with van der Waals surface area (Å²) in [4.78, 5) is 23.5. The lowest BCUT2D eigenvalue weighted by Gasteiger charge is -2.42. The van der Waals surface area contributed by atoms with Gasteiger partial charge in [-0.3, -0.25) is 4.79 Å². The third kappa shape index (κ3) is 3.57. The lowest BCUT2D eigenvalue weighted by atomic mass is 9.75. The van der Waals surface area contributed by atoms with Crippen LogP contribution in [0.2, 0.25) is 0 Å². The van der Waals surface area contributed by atoms with Crippen molar-refractivity contribution in [3.05, 3.63) is 0 Å². The van der Waals surface area contributed by atoms with Gasteiger partial charge in [0.15, 0.2) is 0 Å². The van der Waals surface area contributed by atoms with Crippen molar-refractivity contribution in [2.45, 2.75) is 89.8 Å². The maximum Gasteiger partial charge on any atom is 0.135 e. The number of carbonyl (C=O) groups is 1. The molecule has 0 amide bonds. The molecule has 110 valence electrons. The smallest absolute Gasteiger partial charge is 0.135 e. The molecule has 0 aromatic heterocycles. The maximum absolute atomic E-state index is 11.8. The molecule has 0 spiro atoms. The first-order valence-electron chi connectivity index (χ1n) is 7.83. The third-order valence-electron chi connectivity index (χ3n) is 4.99. The highest BCUT2D eigenvalue weighted by Crippen LogP contribution is 2.40. The van der Waals surface area contributed by atoms with Gasteiger partial charge in [0, 0.05) is 5.92 Å². The lowest BCUT2D eigenvalue weighted by Crippen LogP contribution is -2.46. The van der Waals surface area contributed by atoms with E-state index in [-0.39, 0.29) is 17.3 Å². The number of hydrogen-bond donors (Lipinski definition) is 0. The number of rotatable bonds is 4. The molecule has 0 aliphatic heterocycles. The number of Topliss-reactive ketones (excluding diaryl/α,β-unsaturated/α-hetero) is 1. The maximum atomic E-state index is 11.8. The molecule has 0 saturated heterocycles. The van der Waals surface area contributed by atoms with E-state index in [0.29, 0.717) is 0 Å².